The van der Waals surface area contributed by atoms with Gasteiger partial charge >= 0.3 is 0 Å². The predicted molar refractivity (Wildman–Crippen MR) is 59.9 cm³/mol. The summed E-state index contributed by atoms with van der Waals surface area (Å²) < 4.78 is 1.96. The second-order valence-corrected chi connectivity index (χ2v) is 4.63. The molecule has 0 bridgehead atoms. The highest BCUT2D eigenvalue weighted by Gasteiger charge is 2.21. The smallest absolute Gasteiger partial charge is 0.153 e. The van der Waals surface area contributed by atoms with Gasteiger partial charge in [0, 0.05) is 18.9 Å². The van der Waals surface area contributed by atoms with Gasteiger partial charge in [0.15, 0.2) is 5.82 Å². The van der Waals surface area contributed by atoms with E-state index in [4.69, 9.17) is 0 Å². The van der Waals surface area contributed by atoms with Gasteiger partial charge in [-0.3, -0.25) is 4.68 Å². The fraction of sp³-hybridized carbons (Fsp3) is 0.818. The molecule has 84 valence electrons. The van der Waals surface area contributed by atoms with Gasteiger partial charge in [-0.1, -0.05) is 13.8 Å². The molecule has 1 saturated heterocycles. The Labute approximate surface area is 91.1 Å². The van der Waals surface area contributed by atoms with E-state index in [0.29, 0.717) is 11.8 Å². The normalized spacial score (nSPS) is 18.7. The molecule has 0 aromatic carbocycles. The lowest BCUT2D eigenvalue weighted by atomic mass is 9.97. The SMILES string of the molecule is CC(C)c1nc(C2CCNCC2)n(C)n1. The minimum absolute atomic E-state index is 0.423. The second kappa shape index (κ2) is 4.31. The average Bonchev–Trinajstić information content (AvgIpc) is 2.62. The quantitative estimate of drug-likeness (QED) is 0.799. The predicted octanol–water partition coefficient (Wildman–Crippen LogP) is 1.41. The monoisotopic (exact) mass is 208 g/mol. The van der Waals surface area contributed by atoms with Gasteiger partial charge in [-0.05, 0) is 25.9 Å². The minimum atomic E-state index is 0.423. The van der Waals surface area contributed by atoms with Gasteiger partial charge < -0.3 is 5.32 Å². The molecule has 1 N–H and O–H groups in total. The van der Waals surface area contributed by atoms with Crippen molar-refractivity contribution in [2.75, 3.05) is 13.1 Å². The van der Waals surface area contributed by atoms with Crippen molar-refractivity contribution >= 4 is 0 Å². The number of piperidine rings is 1. The van der Waals surface area contributed by atoms with Gasteiger partial charge in [-0.15, -0.1) is 0 Å². The zero-order valence-electron chi connectivity index (χ0n) is 9.82. The van der Waals surface area contributed by atoms with E-state index in [-0.39, 0.29) is 0 Å². The van der Waals surface area contributed by atoms with Crippen molar-refractivity contribution in [2.45, 2.75) is 38.5 Å². The highest BCUT2D eigenvalue weighted by molar-refractivity contribution is 5.03. The van der Waals surface area contributed by atoms with Crippen LogP contribution in [0.5, 0.6) is 0 Å². The number of nitrogens with one attached hydrogen (secondary N) is 1. The largest absolute Gasteiger partial charge is 0.317 e. The number of aromatic nitrogens is 3. The topological polar surface area (TPSA) is 42.7 Å². The molecule has 1 aromatic rings. The van der Waals surface area contributed by atoms with Gasteiger partial charge in [0.25, 0.3) is 0 Å². The Bertz CT molecular complexity index is 323. The van der Waals surface area contributed by atoms with Crippen molar-refractivity contribution in [2.24, 2.45) is 7.05 Å². The van der Waals surface area contributed by atoms with Crippen LogP contribution in [0.2, 0.25) is 0 Å². The number of hydrogen-bond donors (Lipinski definition) is 1. The van der Waals surface area contributed by atoms with Crippen molar-refractivity contribution in [3.8, 4) is 0 Å². The van der Waals surface area contributed by atoms with Gasteiger partial charge in [0.2, 0.25) is 0 Å². The third kappa shape index (κ3) is 2.20. The van der Waals surface area contributed by atoms with E-state index in [9.17, 15) is 0 Å². The van der Waals surface area contributed by atoms with Crippen LogP contribution in [-0.4, -0.2) is 27.9 Å². The molecule has 4 nitrogen and oxygen atoms in total. The maximum absolute atomic E-state index is 4.66. The maximum atomic E-state index is 4.66. The van der Waals surface area contributed by atoms with E-state index in [1.807, 2.05) is 11.7 Å². The van der Waals surface area contributed by atoms with Crippen LogP contribution >= 0.6 is 0 Å². The lowest BCUT2D eigenvalue weighted by molar-refractivity contribution is 0.432. The van der Waals surface area contributed by atoms with Crippen LogP contribution < -0.4 is 5.32 Å². The molecule has 15 heavy (non-hydrogen) atoms. The first-order valence-corrected chi connectivity index (χ1v) is 5.80. The second-order valence-electron chi connectivity index (χ2n) is 4.63. The maximum Gasteiger partial charge on any atom is 0.153 e. The molecule has 1 aliphatic rings. The zero-order chi connectivity index (χ0) is 10.8. The van der Waals surface area contributed by atoms with Gasteiger partial charge in [-0.25, -0.2) is 4.98 Å². The summed E-state index contributed by atoms with van der Waals surface area (Å²) in [6.07, 6.45) is 2.37. The van der Waals surface area contributed by atoms with Crippen molar-refractivity contribution in [3.05, 3.63) is 11.6 Å². The lowest BCUT2D eigenvalue weighted by Gasteiger charge is -2.21. The molecule has 0 radical (unpaired) electrons. The molecule has 1 fully saturated rings. The number of aryl methyl sites for hydroxylation is 1. The fourth-order valence-corrected chi connectivity index (χ4v) is 2.10. The Morgan fingerprint density at radius 1 is 1.33 bits per heavy atom. The molecule has 0 atom stereocenters. The van der Waals surface area contributed by atoms with Crippen LogP contribution in [-0.2, 0) is 7.05 Å². The van der Waals surface area contributed by atoms with Crippen LogP contribution in [0.3, 0.4) is 0 Å². The molecule has 1 aromatic heterocycles. The lowest BCUT2D eigenvalue weighted by Crippen LogP contribution is -2.28. The van der Waals surface area contributed by atoms with Gasteiger partial charge in [0.1, 0.15) is 5.82 Å². The highest BCUT2D eigenvalue weighted by atomic mass is 15.3. The number of nitrogens with zero attached hydrogens (tertiary/aromatic N) is 3. The molecule has 0 saturated carbocycles. The van der Waals surface area contributed by atoms with Crippen LogP contribution in [0.15, 0.2) is 0 Å². The summed E-state index contributed by atoms with van der Waals surface area (Å²) >= 11 is 0. The van der Waals surface area contributed by atoms with Crippen molar-refractivity contribution in [3.63, 3.8) is 0 Å². The molecule has 0 spiro atoms. The Hall–Kier alpha value is -0.900. The summed E-state index contributed by atoms with van der Waals surface area (Å²) in [6, 6.07) is 0. The third-order valence-corrected chi connectivity index (χ3v) is 3.03. The molecule has 4 heteroatoms. The van der Waals surface area contributed by atoms with E-state index < -0.39 is 0 Å². The number of hydrogen-bond acceptors (Lipinski definition) is 3. The molecule has 0 amide bonds. The van der Waals surface area contributed by atoms with Crippen LogP contribution in [0, 0.1) is 0 Å². The summed E-state index contributed by atoms with van der Waals surface area (Å²) in [5.74, 6) is 3.16. The summed E-state index contributed by atoms with van der Waals surface area (Å²) in [4.78, 5) is 4.66. The first-order chi connectivity index (χ1) is 7.18. The zero-order valence-corrected chi connectivity index (χ0v) is 9.82. The molecular weight excluding hydrogens is 188 g/mol. The van der Waals surface area contributed by atoms with E-state index in [2.05, 4.69) is 29.2 Å². The Morgan fingerprint density at radius 3 is 2.53 bits per heavy atom. The Kier molecular flexibility index (Phi) is 3.05. The minimum Gasteiger partial charge on any atom is -0.317 e. The summed E-state index contributed by atoms with van der Waals surface area (Å²) in [5.41, 5.74) is 0. The van der Waals surface area contributed by atoms with Crippen LogP contribution in [0.4, 0.5) is 0 Å². The molecule has 2 heterocycles. The van der Waals surface area contributed by atoms with E-state index >= 15 is 0 Å². The van der Waals surface area contributed by atoms with E-state index in [1.54, 1.807) is 0 Å². The number of rotatable bonds is 2. The average molecular weight is 208 g/mol. The first kappa shape index (κ1) is 10.6. The molecular formula is C11H20N4. The first-order valence-electron chi connectivity index (χ1n) is 5.80. The van der Waals surface area contributed by atoms with E-state index in [1.165, 1.54) is 18.7 Å². The van der Waals surface area contributed by atoms with Gasteiger partial charge in [0.05, 0.1) is 0 Å². The van der Waals surface area contributed by atoms with Crippen molar-refractivity contribution in [1.29, 1.82) is 0 Å². The van der Waals surface area contributed by atoms with Gasteiger partial charge in [-0.2, -0.15) is 5.10 Å². The summed E-state index contributed by atoms with van der Waals surface area (Å²) in [7, 11) is 2.01. The fourth-order valence-electron chi connectivity index (χ4n) is 2.10. The molecule has 1 aliphatic heterocycles. The standard InChI is InChI=1S/C11H20N4/c1-8(2)10-13-11(15(3)14-10)9-4-6-12-7-5-9/h8-9,12H,4-7H2,1-3H3. The van der Waals surface area contributed by atoms with Crippen molar-refractivity contribution < 1.29 is 0 Å². The van der Waals surface area contributed by atoms with Crippen LogP contribution in [0.25, 0.3) is 0 Å². The van der Waals surface area contributed by atoms with E-state index in [0.717, 1.165) is 18.9 Å². The molecule has 0 aliphatic carbocycles. The molecule has 2 rings (SSSR count). The third-order valence-electron chi connectivity index (χ3n) is 3.03. The Morgan fingerprint density at radius 2 is 2.00 bits per heavy atom. The molecule has 0 unspecified atom stereocenters. The Balaban J connectivity index is 2.19. The summed E-state index contributed by atoms with van der Waals surface area (Å²) in [5, 5.41) is 7.85. The van der Waals surface area contributed by atoms with Crippen molar-refractivity contribution in [1.82, 2.24) is 20.1 Å². The summed E-state index contributed by atoms with van der Waals surface area (Å²) in [6.45, 7) is 6.49. The highest BCUT2D eigenvalue weighted by Crippen LogP contribution is 2.24. The van der Waals surface area contributed by atoms with Crippen LogP contribution in [0.1, 0.15) is 50.2 Å².